The van der Waals surface area contributed by atoms with Gasteiger partial charge in [0, 0.05) is 11.3 Å². The molecule has 0 radical (unpaired) electrons. The molecule has 1 aliphatic rings. The Morgan fingerprint density at radius 3 is 2.69 bits per heavy atom. The van der Waals surface area contributed by atoms with Crippen molar-refractivity contribution in [2.45, 2.75) is 24.3 Å². The first-order valence-corrected chi connectivity index (χ1v) is 5.61. The van der Waals surface area contributed by atoms with Crippen LogP contribution in [0.3, 0.4) is 0 Å². The molecule has 0 saturated carbocycles. The molecule has 13 heavy (non-hydrogen) atoms. The van der Waals surface area contributed by atoms with Gasteiger partial charge in [-0.2, -0.15) is 0 Å². The van der Waals surface area contributed by atoms with Crippen LogP contribution in [0.1, 0.15) is 25.1 Å². The van der Waals surface area contributed by atoms with E-state index >= 15 is 0 Å². The van der Waals surface area contributed by atoms with Crippen LogP contribution in [0.4, 0.5) is 0 Å². The number of halogens is 2. The third-order valence-electron chi connectivity index (χ3n) is 2.08. The first-order chi connectivity index (χ1) is 6.00. The van der Waals surface area contributed by atoms with Gasteiger partial charge in [-0.15, -0.1) is 11.8 Å². The second-order valence-electron chi connectivity index (χ2n) is 3.41. The zero-order valence-electron chi connectivity index (χ0n) is 7.27. The van der Waals surface area contributed by atoms with Gasteiger partial charge in [-0.1, -0.05) is 11.6 Å². The normalized spacial score (nSPS) is 18.8. The Morgan fingerprint density at radius 1 is 1.31 bits per heavy atom. The fraction of sp³-hybridized carbons (Fsp3) is 0.500. The minimum atomic E-state index is 0.00551. The Morgan fingerprint density at radius 2 is 2.00 bits per heavy atom. The zero-order chi connectivity index (χ0) is 9.64. The molecule has 0 aromatic carbocycles. The molecule has 0 spiro atoms. The summed E-state index contributed by atoms with van der Waals surface area (Å²) in [5.41, 5.74) is 2.00. The van der Waals surface area contributed by atoms with E-state index in [0.29, 0.717) is 5.15 Å². The minimum Gasteiger partial charge on any atom is -0.221 e. The van der Waals surface area contributed by atoms with Crippen LogP contribution in [-0.2, 0) is 10.5 Å². The number of nitrogens with zero attached hydrogens (tertiary/aromatic N) is 2. The van der Waals surface area contributed by atoms with Crippen molar-refractivity contribution in [3.8, 4) is 0 Å². The molecule has 0 saturated heterocycles. The number of hydrogen-bond donors (Lipinski definition) is 0. The summed E-state index contributed by atoms with van der Waals surface area (Å²) >= 11 is 13.5. The fourth-order valence-corrected chi connectivity index (χ4v) is 2.99. The van der Waals surface area contributed by atoms with E-state index in [4.69, 9.17) is 23.2 Å². The lowest BCUT2D eigenvalue weighted by atomic mass is 10.1. The predicted molar refractivity (Wildman–Crippen MR) is 56.4 cm³/mol. The lowest BCUT2D eigenvalue weighted by Crippen LogP contribution is -2.10. The van der Waals surface area contributed by atoms with E-state index in [-0.39, 0.29) is 10.0 Å². The maximum atomic E-state index is 5.95. The summed E-state index contributed by atoms with van der Waals surface area (Å²) in [4.78, 5) is 8.13. The van der Waals surface area contributed by atoms with Gasteiger partial charge in [0.15, 0.2) is 0 Å². The van der Waals surface area contributed by atoms with Gasteiger partial charge in [0.05, 0.1) is 10.4 Å². The van der Waals surface area contributed by atoms with Crippen molar-refractivity contribution in [1.82, 2.24) is 9.97 Å². The summed E-state index contributed by atoms with van der Waals surface area (Å²) in [6.45, 7) is 4.23. The summed E-state index contributed by atoms with van der Waals surface area (Å²) in [6, 6.07) is 0. The average Bonchev–Trinajstić information content (AvgIpc) is 2.28. The molecule has 0 fully saturated rings. The van der Waals surface area contributed by atoms with Gasteiger partial charge >= 0.3 is 0 Å². The minimum absolute atomic E-state index is 0.00551. The monoisotopic (exact) mass is 234 g/mol. The zero-order valence-corrected chi connectivity index (χ0v) is 9.59. The van der Waals surface area contributed by atoms with Gasteiger partial charge in [0.25, 0.3) is 0 Å². The first-order valence-electron chi connectivity index (χ1n) is 3.87. The molecule has 70 valence electrons. The Balaban J connectivity index is 2.65. The Bertz CT molecular complexity index is 365. The highest BCUT2D eigenvalue weighted by Crippen LogP contribution is 2.47. The molecule has 2 heterocycles. The number of fused-ring (bicyclic) bond motifs is 1. The Hall–Kier alpha value is 0.01000. The van der Waals surface area contributed by atoms with Gasteiger partial charge in [0.1, 0.15) is 5.15 Å². The van der Waals surface area contributed by atoms with Crippen molar-refractivity contribution in [2.24, 2.45) is 0 Å². The number of aromatic nitrogens is 2. The van der Waals surface area contributed by atoms with Crippen molar-refractivity contribution in [3.63, 3.8) is 0 Å². The van der Waals surface area contributed by atoms with Crippen molar-refractivity contribution in [2.75, 3.05) is 0 Å². The van der Waals surface area contributed by atoms with Crippen LogP contribution in [0, 0.1) is 0 Å². The highest BCUT2D eigenvalue weighted by atomic mass is 35.5. The molecule has 2 nitrogen and oxygen atoms in total. The third kappa shape index (κ3) is 1.53. The molecule has 1 aliphatic heterocycles. The molecular weight excluding hydrogens is 227 g/mol. The summed E-state index contributed by atoms with van der Waals surface area (Å²) < 4.78 is 0.00551. The van der Waals surface area contributed by atoms with Gasteiger partial charge in [-0.3, -0.25) is 0 Å². The van der Waals surface area contributed by atoms with Crippen LogP contribution in [0.5, 0.6) is 0 Å². The second kappa shape index (κ2) is 3.01. The Kier molecular flexibility index (Phi) is 2.21. The molecule has 0 bridgehead atoms. The summed E-state index contributed by atoms with van der Waals surface area (Å²) in [6.07, 6.45) is 0. The average molecular weight is 235 g/mol. The molecule has 0 unspecified atom stereocenters. The van der Waals surface area contributed by atoms with E-state index < -0.39 is 0 Å². The van der Waals surface area contributed by atoms with Crippen LogP contribution in [0.15, 0.2) is 0 Å². The van der Waals surface area contributed by atoms with E-state index in [1.54, 1.807) is 11.8 Å². The predicted octanol–water partition coefficient (Wildman–Crippen LogP) is 3.27. The van der Waals surface area contributed by atoms with Crippen molar-refractivity contribution in [3.05, 3.63) is 21.7 Å². The summed E-state index contributed by atoms with van der Waals surface area (Å²) in [7, 11) is 0. The van der Waals surface area contributed by atoms with Crippen LogP contribution >= 0.6 is 35.0 Å². The van der Waals surface area contributed by atoms with Crippen LogP contribution in [0.25, 0.3) is 0 Å². The van der Waals surface area contributed by atoms with Crippen LogP contribution in [-0.4, -0.2) is 9.97 Å². The number of hydrogen-bond acceptors (Lipinski definition) is 3. The largest absolute Gasteiger partial charge is 0.224 e. The summed E-state index contributed by atoms with van der Waals surface area (Å²) in [5, 5.41) is 0.729. The van der Waals surface area contributed by atoms with Gasteiger partial charge < -0.3 is 0 Å². The van der Waals surface area contributed by atoms with Gasteiger partial charge in [0.2, 0.25) is 5.28 Å². The number of thioether (sulfide) groups is 1. The highest BCUT2D eigenvalue weighted by molar-refractivity contribution is 7.99. The number of rotatable bonds is 0. The van der Waals surface area contributed by atoms with E-state index in [1.165, 1.54) is 0 Å². The molecule has 0 amide bonds. The van der Waals surface area contributed by atoms with Crippen LogP contribution < -0.4 is 0 Å². The van der Waals surface area contributed by atoms with Crippen molar-refractivity contribution in [1.29, 1.82) is 0 Å². The second-order valence-corrected chi connectivity index (χ2v) is 5.70. The molecule has 2 rings (SSSR count). The van der Waals surface area contributed by atoms with Crippen molar-refractivity contribution < 1.29 is 0 Å². The maximum Gasteiger partial charge on any atom is 0.224 e. The van der Waals surface area contributed by atoms with Crippen LogP contribution in [0.2, 0.25) is 10.4 Å². The fourth-order valence-electron chi connectivity index (χ4n) is 1.38. The molecule has 5 heteroatoms. The van der Waals surface area contributed by atoms with Crippen molar-refractivity contribution >= 4 is 35.0 Å². The summed E-state index contributed by atoms with van der Waals surface area (Å²) in [5.74, 6) is 0.873. The lowest BCUT2D eigenvalue weighted by Gasteiger charge is -2.16. The molecule has 1 aromatic heterocycles. The molecule has 0 atom stereocenters. The molecule has 0 aliphatic carbocycles. The quantitative estimate of drug-likeness (QED) is 0.509. The molecule has 0 N–H and O–H groups in total. The highest BCUT2D eigenvalue weighted by Gasteiger charge is 2.34. The van der Waals surface area contributed by atoms with E-state index in [9.17, 15) is 0 Å². The third-order valence-corrected chi connectivity index (χ3v) is 3.91. The standard InChI is InChI=1S/C8H8Cl2N2S/c1-8(2)5-4(3-13-8)6(9)12-7(10)11-5/h3H2,1-2H3. The van der Waals surface area contributed by atoms with E-state index in [1.807, 2.05) is 0 Å². The Labute approximate surface area is 91.1 Å². The van der Waals surface area contributed by atoms with Gasteiger partial charge in [-0.25, -0.2) is 9.97 Å². The molecule has 1 aromatic rings. The lowest BCUT2D eigenvalue weighted by molar-refractivity contribution is 0.751. The van der Waals surface area contributed by atoms with E-state index in [2.05, 4.69) is 23.8 Å². The molecular formula is C8H8Cl2N2S. The maximum absolute atomic E-state index is 5.95. The smallest absolute Gasteiger partial charge is 0.221 e. The van der Waals surface area contributed by atoms with Gasteiger partial charge in [-0.05, 0) is 25.4 Å². The SMILES string of the molecule is CC1(C)SCc2c(Cl)nc(Cl)nc21. The topological polar surface area (TPSA) is 25.8 Å². The van der Waals surface area contributed by atoms with E-state index in [0.717, 1.165) is 17.0 Å². The first kappa shape index (κ1) is 9.56.